The summed E-state index contributed by atoms with van der Waals surface area (Å²) in [5.41, 5.74) is 2.33. The van der Waals surface area contributed by atoms with E-state index >= 15 is 0 Å². The van der Waals surface area contributed by atoms with E-state index in [-0.39, 0.29) is 18.6 Å². The van der Waals surface area contributed by atoms with Gasteiger partial charge < -0.3 is 10.0 Å². The zero-order valence-electron chi connectivity index (χ0n) is 11.2. The molecule has 0 saturated carbocycles. The molecule has 2 aliphatic rings. The number of nitrogens with zero attached hydrogens (tertiary/aromatic N) is 2. The molecule has 1 aromatic rings. The molecule has 19 heavy (non-hydrogen) atoms. The first-order chi connectivity index (χ1) is 9.19. The first-order valence-electron chi connectivity index (χ1n) is 6.92. The minimum atomic E-state index is 0.175. The van der Waals surface area contributed by atoms with Crippen molar-refractivity contribution in [1.29, 1.82) is 0 Å². The molecule has 1 saturated heterocycles. The molecule has 1 amide bonds. The number of carbonyl (C=O) groups excluding carboxylic acids is 1. The summed E-state index contributed by atoms with van der Waals surface area (Å²) in [7, 11) is 0. The Morgan fingerprint density at radius 1 is 1.37 bits per heavy atom. The highest BCUT2D eigenvalue weighted by molar-refractivity contribution is 5.97. The number of benzene rings is 1. The number of likely N-dealkylation sites (tertiary alicyclic amines) is 1. The molecule has 4 heteroatoms. The summed E-state index contributed by atoms with van der Waals surface area (Å²) in [6.45, 7) is 4.48. The molecular formula is C15H20N2O2. The van der Waals surface area contributed by atoms with E-state index in [9.17, 15) is 4.79 Å². The van der Waals surface area contributed by atoms with Crippen LogP contribution in [0.4, 0.5) is 5.69 Å². The standard InChI is InChI=1S/C15H20N2O2/c1-11-6-13-4-2-3-5-14(13)17(11)15(19)9-16-7-12(8-16)10-18/h2-5,11-12,18H,6-10H2,1H3. The predicted molar refractivity (Wildman–Crippen MR) is 74.1 cm³/mol. The van der Waals surface area contributed by atoms with Gasteiger partial charge in [-0.1, -0.05) is 18.2 Å². The van der Waals surface area contributed by atoms with E-state index < -0.39 is 0 Å². The number of aliphatic hydroxyl groups excluding tert-OH is 1. The number of amides is 1. The second kappa shape index (κ2) is 4.94. The lowest BCUT2D eigenvalue weighted by atomic mass is 10.0. The maximum atomic E-state index is 12.4. The van der Waals surface area contributed by atoms with Crippen LogP contribution in [0, 0.1) is 5.92 Å². The van der Waals surface area contributed by atoms with Gasteiger partial charge in [-0.05, 0) is 25.0 Å². The molecule has 0 aromatic heterocycles. The molecule has 2 aliphatic heterocycles. The molecule has 1 aromatic carbocycles. The molecule has 102 valence electrons. The molecule has 1 N–H and O–H groups in total. The summed E-state index contributed by atoms with van der Waals surface area (Å²) in [4.78, 5) is 16.5. The van der Waals surface area contributed by atoms with E-state index in [0.29, 0.717) is 12.5 Å². The lowest BCUT2D eigenvalue weighted by Crippen LogP contribution is -2.53. The van der Waals surface area contributed by atoms with Crippen LogP contribution in [0.3, 0.4) is 0 Å². The minimum Gasteiger partial charge on any atom is -0.396 e. The fourth-order valence-electron chi connectivity index (χ4n) is 3.13. The number of para-hydroxylation sites is 1. The van der Waals surface area contributed by atoms with E-state index in [0.717, 1.165) is 25.2 Å². The maximum Gasteiger partial charge on any atom is 0.241 e. The van der Waals surface area contributed by atoms with Crippen LogP contribution < -0.4 is 4.90 Å². The third-order valence-electron chi connectivity index (χ3n) is 4.13. The van der Waals surface area contributed by atoms with Crippen molar-refractivity contribution in [2.24, 2.45) is 5.92 Å². The Hall–Kier alpha value is -1.39. The van der Waals surface area contributed by atoms with Crippen LogP contribution in [0.15, 0.2) is 24.3 Å². The predicted octanol–water partition coefficient (Wildman–Crippen LogP) is 0.888. The van der Waals surface area contributed by atoms with Crippen LogP contribution in [0.1, 0.15) is 12.5 Å². The van der Waals surface area contributed by atoms with Gasteiger partial charge in [0.2, 0.25) is 5.91 Å². The summed E-state index contributed by atoms with van der Waals surface area (Å²) in [5, 5.41) is 9.00. The second-order valence-corrected chi connectivity index (χ2v) is 5.69. The number of rotatable bonds is 3. The third-order valence-corrected chi connectivity index (χ3v) is 4.13. The molecule has 0 aliphatic carbocycles. The smallest absolute Gasteiger partial charge is 0.241 e. The van der Waals surface area contributed by atoms with Gasteiger partial charge in [-0.3, -0.25) is 9.69 Å². The van der Waals surface area contributed by atoms with Crippen LogP contribution >= 0.6 is 0 Å². The largest absolute Gasteiger partial charge is 0.396 e. The molecule has 0 bridgehead atoms. The summed E-state index contributed by atoms with van der Waals surface area (Å²) in [6, 6.07) is 8.40. The van der Waals surface area contributed by atoms with Gasteiger partial charge in [-0.25, -0.2) is 0 Å². The second-order valence-electron chi connectivity index (χ2n) is 5.69. The Bertz CT molecular complexity index is 483. The molecule has 3 rings (SSSR count). The number of hydrogen-bond donors (Lipinski definition) is 1. The number of carbonyl (C=O) groups is 1. The fourth-order valence-corrected chi connectivity index (χ4v) is 3.13. The average molecular weight is 260 g/mol. The lowest BCUT2D eigenvalue weighted by Gasteiger charge is -2.38. The number of anilines is 1. The summed E-state index contributed by atoms with van der Waals surface area (Å²) in [5.74, 6) is 0.532. The quantitative estimate of drug-likeness (QED) is 0.877. The fraction of sp³-hybridized carbons (Fsp3) is 0.533. The Labute approximate surface area is 113 Å². The van der Waals surface area contributed by atoms with Gasteiger partial charge in [0.05, 0.1) is 6.54 Å². The Morgan fingerprint density at radius 3 is 2.84 bits per heavy atom. The number of aliphatic hydroxyl groups is 1. The van der Waals surface area contributed by atoms with Crippen LogP contribution in [0.2, 0.25) is 0 Å². The molecule has 1 fully saturated rings. The maximum absolute atomic E-state index is 12.4. The van der Waals surface area contributed by atoms with Crippen molar-refractivity contribution in [3.05, 3.63) is 29.8 Å². The van der Waals surface area contributed by atoms with E-state index in [4.69, 9.17) is 5.11 Å². The van der Waals surface area contributed by atoms with Gasteiger partial charge in [-0.2, -0.15) is 0 Å². The van der Waals surface area contributed by atoms with Crippen molar-refractivity contribution >= 4 is 11.6 Å². The van der Waals surface area contributed by atoms with Gasteiger partial charge in [0, 0.05) is 37.3 Å². The van der Waals surface area contributed by atoms with Crippen LogP contribution in [0.5, 0.6) is 0 Å². The van der Waals surface area contributed by atoms with Crippen molar-refractivity contribution in [2.45, 2.75) is 19.4 Å². The molecule has 1 unspecified atom stereocenters. The average Bonchev–Trinajstić information content (AvgIpc) is 2.68. The van der Waals surface area contributed by atoms with Gasteiger partial charge in [0.25, 0.3) is 0 Å². The normalized spacial score (nSPS) is 23.3. The molecule has 0 spiro atoms. The topological polar surface area (TPSA) is 43.8 Å². The summed E-state index contributed by atoms with van der Waals surface area (Å²) >= 11 is 0. The van der Waals surface area contributed by atoms with Crippen LogP contribution in [-0.2, 0) is 11.2 Å². The van der Waals surface area contributed by atoms with Crippen molar-refractivity contribution in [3.8, 4) is 0 Å². The minimum absolute atomic E-state index is 0.175. The monoisotopic (exact) mass is 260 g/mol. The van der Waals surface area contributed by atoms with Gasteiger partial charge in [0.1, 0.15) is 0 Å². The molecule has 4 nitrogen and oxygen atoms in total. The SMILES string of the molecule is CC1Cc2ccccc2N1C(=O)CN1CC(CO)C1. The van der Waals surface area contributed by atoms with Gasteiger partial charge in [0.15, 0.2) is 0 Å². The van der Waals surface area contributed by atoms with Gasteiger partial charge >= 0.3 is 0 Å². The highest BCUT2D eigenvalue weighted by atomic mass is 16.3. The van der Waals surface area contributed by atoms with Crippen molar-refractivity contribution in [1.82, 2.24) is 4.90 Å². The van der Waals surface area contributed by atoms with E-state index in [1.54, 1.807) is 0 Å². The molecular weight excluding hydrogens is 240 g/mol. The van der Waals surface area contributed by atoms with Crippen molar-refractivity contribution in [2.75, 3.05) is 31.1 Å². The Balaban J connectivity index is 1.67. The number of hydrogen-bond acceptors (Lipinski definition) is 3. The zero-order valence-corrected chi connectivity index (χ0v) is 11.2. The van der Waals surface area contributed by atoms with Crippen molar-refractivity contribution in [3.63, 3.8) is 0 Å². The third kappa shape index (κ3) is 2.26. The molecule has 2 heterocycles. The highest BCUT2D eigenvalue weighted by Crippen LogP contribution is 2.32. The lowest BCUT2D eigenvalue weighted by molar-refractivity contribution is -0.121. The Morgan fingerprint density at radius 2 is 2.11 bits per heavy atom. The molecule has 1 atom stereocenters. The highest BCUT2D eigenvalue weighted by Gasteiger charge is 2.34. The van der Waals surface area contributed by atoms with E-state index in [2.05, 4.69) is 17.9 Å². The summed E-state index contributed by atoms with van der Waals surface area (Å²) in [6.07, 6.45) is 0.946. The zero-order chi connectivity index (χ0) is 13.4. The van der Waals surface area contributed by atoms with Gasteiger partial charge in [-0.15, -0.1) is 0 Å². The first-order valence-corrected chi connectivity index (χ1v) is 6.92. The van der Waals surface area contributed by atoms with E-state index in [1.165, 1.54) is 5.56 Å². The molecule has 0 radical (unpaired) electrons. The summed E-state index contributed by atoms with van der Waals surface area (Å²) < 4.78 is 0. The van der Waals surface area contributed by atoms with Crippen LogP contribution in [-0.4, -0.2) is 48.2 Å². The number of fused-ring (bicyclic) bond motifs is 1. The van der Waals surface area contributed by atoms with E-state index in [1.807, 2.05) is 23.1 Å². The Kier molecular flexibility index (Phi) is 3.29. The first kappa shape index (κ1) is 12.6. The van der Waals surface area contributed by atoms with Crippen LogP contribution in [0.25, 0.3) is 0 Å². The van der Waals surface area contributed by atoms with Crippen molar-refractivity contribution < 1.29 is 9.90 Å².